The Morgan fingerprint density at radius 1 is 1.12 bits per heavy atom. The first kappa shape index (κ1) is 14.0. The maximum atomic E-state index is 11.9. The first-order valence-corrected chi connectivity index (χ1v) is 7.37. The zero-order valence-electron chi connectivity index (χ0n) is 10.9. The molecule has 1 aromatic rings. The highest BCUT2D eigenvalue weighted by Crippen LogP contribution is 2.23. The number of rotatable bonds is 3. The van der Waals surface area contributed by atoms with Crippen LogP contribution in [-0.4, -0.2) is 14.2 Å². The Kier molecular flexibility index (Phi) is 4.15. The SMILES string of the molecule is C/C=C/CS(=O)(=O)c1ccc(C(C)(C)C)cc1. The Morgan fingerprint density at radius 3 is 2.06 bits per heavy atom. The maximum absolute atomic E-state index is 11.9. The van der Waals surface area contributed by atoms with Gasteiger partial charge >= 0.3 is 0 Å². The summed E-state index contributed by atoms with van der Waals surface area (Å²) in [4.78, 5) is 0.392. The van der Waals surface area contributed by atoms with Gasteiger partial charge in [-0.05, 0) is 30.0 Å². The van der Waals surface area contributed by atoms with Crippen LogP contribution >= 0.6 is 0 Å². The normalized spacial score (nSPS) is 13.2. The fourth-order valence-electron chi connectivity index (χ4n) is 1.48. The van der Waals surface area contributed by atoms with Gasteiger partial charge in [-0.3, -0.25) is 0 Å². The van der Waals surface area contributed by atoms with Gasteiger partial charge in [0, 0.05) is 0 Å². The molecule has 0 aliphatic rings. The average Bonchev–Trinajstić information content (AvgIpc) is 2.25. The molecule has 0 saturated heterocycles. The lowest BCUT2D eigenvalue weighted by molar-refractivity contribution is 0.587. The van der Waals surface area contributed by atoms with Crippen molar-refractivity contribution in [2.75, 3.05) is 5.75 Å². The predicted molar refractivity (Wildman–Crippen MR) is 72.0 cm³/mol. The molecule has 3 heteroatoms. The molecule has 0 fully saturated rings. The van der Waals surface area contributed by atoms with E-state index in [1.54, 1.807) is 24.3 Å². The Labute approximate surface area is 104 Å². The Morgan fingerprint density at radius 2 is 1.65 bits per heavy atom. The molecule has 17 heavy (non-hydrogen) atoms. The number of hydrogen-bond acceptors (Lipinski definition) is 2. The number of hydrogen-bond donors (Lipinski definition) is 0. The second kappa shape index (κ2) is 5.05. The lowest BCUT2D eigenvalue weighted by Crippen LogP contribution is -2.11. The minimum Gasteiger partial charge on any atom is -0.223 e. The summed E-state index contributed by atoms with van der Waals surface area (Å²) in [6, 6.07) is 7.17. The van der Waals surface area contributed by atoms with E-state index < -0.39 is 9.84 Å². The van der Waals surface area contributed by atoms with Gasteiger partial charge in [0.25, 0.3) is 0 Å². The first-order valence-electron chi connectivity index (χ1n) is 5.72. The Hall–Kier alpha value is -1.09. The molecule has 0 aliphatic carbocycles. The summed E-state index contributed by atoms with van der Waals surface area (Å²) >= 11 is 0. The summed E-state index contributed by atoms with van der Waals surface area (Å²) in [5.74, 6) is 0.0678. The molecule has 0 saturated carbocycles. The molecule has 0 radical (unpaired) electrons. The topological polar surface area (TPSA) is 34.1 Å². The Bertz CT molecular complexity index is 488. The van der Waals surface area contributed by atoms with Gasteiger partial charge in [0.2, 0.25) is 0 Å². The second-order valence-corrected chi connectivity index (χ2v) is 7.16. The van der Waals surface area contributed by atoms with Crippen molar-refractivity contribution in [1.82, 2.24) is 0 Å². The minimum absolute atomic E-state index is 0.0472. The van der Waals surface area contributed by atoms with Crippen molar-refractivity contribution < 1.29 is 8.42 Å². The third-order valence-corrected chi connectivity index (χ3v) is 4.25. The van der Waals surface area contributed by atoms with E-state index >= 15 is 0 Å². The van der Waals surface area contributed by atoms with Gasteiger partial charge in [-0.15, -0.1) is 0 Å². The van der Waals surface area contributed by atoms with Crippen LogP contribution in [0.2, 0.25) is 0 Å². The van der Waals surface area contributed by atoms with E-state index in [-0.39, 0.29) is 11.2 Å². The van der Waals surface area contributed by atoms with Gasteiger partial charge in [-0.2, -0.15) is 0 Å². The summed E-state index contributed by atoms with van der Waals surface area (Å²) in [5.41, 5.74) is 1.19. The van der Waals surface area contributed by atoms with Crippen LogP contribution in [0.3, 0.4) is 0 Å². The third kappa shape index (κ3) is 3.70. The smallest absolute Gasteiger partial charge is 0.181 e. The quantitative estimate of drug-likeness (QED) is 0.773. The van der Waals surface area contributed by atoms with Gasteiger partial charge in [0.1, 0.15) is 0 Å². The van der Waals surface area contributed by atoms with Crippen molar-refractivity contribution in [2.45, 2.75) is 38.0 Å². The molecule has 0 heterocycles. The van der Waals surface area contributed by atoms with Crippen LogP contribution < -0.4 is 0 Å². The average molecular weight is 252 g/mol. The molecule has 0 bridgehead atoms. The maximum Gasteiger partial charge on any atom is 0.181 e. The molecule has 1 aromatic carbocycles. The molecule has 2 nitrogen and oxygen atoms in total. The zero-order chi connectivity index (χ0) is 13.1. The fraction of sp³-hybridized carbons (Fsp3) is 0.429. The van der Waals surface area contributed by atoms with Crippen molar-refractivity contribution in [3.8, 4) is 0 Å². The highest BCUT2D eigenvalue weighted by molar-refractivity contribution is 7.91. The van der Waals surface area contributed by atoms with Crippen LogP contribution in [0.5, 0.6) is 0 Å². The highest BCUT2D eigenvalue weighted by atomic mass is 32.2. The van der Waals surface area contributed by atoms with Gasteiger partial charge < -0.3 is 0 Å². The van der Waals surface area contributed by atoms with E-state index in [0.717, 1.165) is 5.56 Å². The Balaban J connectivity index is 3.03. The van der Waals surface area contributed by atoms with E-state index in [2.05, 4.69) is 20.8 Å². The van der Waals surface area contributed by atoms with Gasteiger partial charge in [0.05, 0.1) is 10.6 Å². The van der Waals surface area contributed by atoms with E-state index in [1.807, 2.05) is 19.1 Å². The number of allylic oxidation sites excluding steroid dienone is 1. The highest BCUT2D eigenvalue weighted by Gasteiger charge is 2.16. The summed E-state index contributed by atoms with van der Waals surface area (Å²) in [6.45, 7) is 8.14. The van der Waals surface area contributed by atoms with E-state index in [9.17, 15) is 8.42 Å². The third-order valence-electron chi connectivity index (χ3n) is 2.63. The molecule has 0 spiro atoms. The van der Waals surface area contributed by atoms with Crippen molar-refractivity contribution >= 4 is 9.84 Å². The standard InChI is InChI=1S/C14H20O2S/c1-5-6-11-17(15,16)13-9-7-12(8-10-13)14(2,3)4/h5-10H,11H2,1-4H3/b6-5+. The van der Waals surface area contributed by atoms with Gasteiger partial charge in [-0.1, -0.05) is 45.1 Å². The predicted octanol–water partition coefficient (Wildman–Crippen LogP) is 3.33. The van der Waals surface area contributed by atoms with Crippen molar-refractivity contribution in [1.29, 1.82) is 0 Å². The molecule has 0 aliphatic heterocycles. The molecular weight excluding hydrogens is 232 g/mol. The van der Waals surface area contributed by atoms with Crippen LogP contribution in [0.25, 0.3) is 0 Å². The lowest BCUT2D eigenvalue weighted by Gasteiger charge is -2.19. The van der Waals surface area contributed by atoms with E-state index in [4.69, 9.17) is 0 Å². The summed E-state index contributed by atoms with van der Waals surface area (Å²) in [5, 5.41) is 0. The summed E-state index contributed by atoms with van der Waals surface area (Å²) in [7, 11) is -3.17. The van der Waals surface area contributed by atoms with Crippen LogP contribution in [0, 0.1) is 0 Å². The van der Waals surface area contributed by atoms with E-state index in [0.29, 0.717) is 4.90 Å². The molecule has 0 unspecified atom stereocenters. The molecule has 0 aromatic heterocycles. The van der Waals surface area contributed by atoms with Crippen LogP contribution in [0.1, 0.15) is 33.3 Å². The van der Waals surface area contributed by atoms with Crippen LogP contribution in [0.4, 0.5) is 0 Å². The fourth-order valence-corrected chi connectivity index (χ4v) is 2.67. The number of benzene rings is 1. The lowest BCUT2D eigenvalue weighted by atomic mass is 9.87. The van der Waals surface area contributed by atoms with Crippen LogP contribution in [-0.2, 0) is 15.3 Å². The van der Waals surface area contributed by atoms with Crippen LogP contribution in [0.15, 0.2) is 41.3 Å². The summed E-state index contributed by atoms with van der Waals surface area (Å²) < 4.78 is 23.8. The number of sulfone groups is 1. The monoisotopic (exact) mass is 252 g/mol. The van der Waals surface area contributed by atoms with Gasteiger partial charge in [-0.25, -0.2) is 8.42 Å². The van der Waals surface area contributed by atoms with Crippen molar-refractivity contribution in [3.63, 3.8) is 0 Å². The second-order valence-electron chi connectivity index (χ2n) is 5.12. The van der Waals surface area contributed by atoms with E-state index in [1.165, 1.54) is 0 Å². The largest absolute Gasteiger partial charge is 0.223 e. The minimum atomic E-state index is -3.17. The van der Waals surface area contributed by atoms with Gasteiger partial charge in [0.15, 0.2) is 9.84 Å². The molecular formula is C14H20O2S. The zero-order valence-corrected chi connectivity index (χ0v) is 11.7. The van der Waals surface area contributed by atoms with Crippen molar-refractivity contribution in [3.05, 3.63) is 42.0 Å². The van der Waals surface area contributed by atoms with Crippen molar-refractivity contribution in [2.24, 2.45) is 0 Å². The molecule has 0 atom stereocenters. The molecule has 0 amide bonds. The first-order chi connectivity index (χ1) is 7.77. The molecule has 0 N–H and O–H groups in total. The summed E-state index contributed by atoms with van der Waals surface area (Å²) in [6.07, 6.45) is 3.41. The molecule has 94 valence electrons. The molecule has 1 rings (SSSR count).